The zero-order valence-electron chi connectivity index (χ0n) is 17.4. The minimum atomic E-state index is 0.0527. The molecule has 0 unspecified atom stereocenters. The Morgan fingerprint density at radius 1 is 0.700 bits per heavy atom. The SMILES string of the molecule is O=C(c1ccc(-c2ccccc2)cc1)[C@H]1CN(C2CCCCC2)[C@@H]1c1ccccc1. The van der Waals surface area contributed by atoms with Gasteiger partial charge in [-0.2, -0.15) is 0 Å². The molecule has 0 bridgehead atoms. The van der Waals surface area contributed by atoms with E-state index in [-0.39, 0.29) is 17.7 Å². The van der Waals surface area contributed by atoms with Crippen molar-refractivity contribution in [2.24, 2.45) is 5.92 Å². The van der Waals surface area contributed by atoms with Gasteiger partial charge in [0, 0.05) is 24.2 Å². The fraction of sp³-hybridized carbons (Fsp3) is 0.321. The molecule has 1 saturated carbocycles. The van der Waals surface area contributed by atoms with Crippen molar-refractivity contribution in [3.05, 3.63) is 96.1 Å². The van der Waals surface area contributed by atoms with Crippen molar-refractivity contribution in [2.45, 2.75) is 44.2 Å². The summed E-state index contributed by atoms with van der Waals surface area (Å²) in [5, 5.41) is 0. The Bertz CT molecular complexity index is 974. The van der Waals surface area contributed by atoms with Gasteiger partial charge in [0.2, 0.25) is 0 Å². The first-order valence-electron chi connectivity index (χ1n) is 11.3. The first-order chi connectivity index (χ1) is 14.8. The molecular formula is C28H29NO. The molecule has 1 aliphatic heterocycles. The lowest BCUT2D eigenvalue weighted by Crippen LogP contribution is -2.57. The van der Waals surface area contributed by atoms with Crippen molar-refractivity contribution in [2.75, 3.05) is 6.54 Å². The van der Waals surface area contributed by atoms with Crippen LogP contribution in [-0.4, -0.2) is 23.3 Å². The number of Topliss-reactive ketones (excluding diaryl/α,β-unsaturated/α-hetero) is 1. The molecular weight excluding hydrogens is 366 g/mol. The summed E-state index contributed by atoms with van der Waals surface area (Å²) in [5.41, 5.74) is 4.47. The summed E-state index contributed by atoms with van der Waals surface area (Å²) < 4.78 is 0. The second-order valence-corrected chi connectivity index (χ2v) is 8.76. The fourth-order valence-corrected chi connectivity index (χ4v) is 5.29. The van der Waals surface area contributed by atoms with E-state index in [0.717, 1.165) is 17.7 Å². The Kier molecular flexibility index (Phi) is 5.50. The first-order valence-corrected chi connectivity index (χ1v) is 11.3. The summed E-state index contributed by atoms with van der Waals surface area (Å²) in [5.74, 6) is 0.340. The van der Waals surface area contributed by atoms with E-state index in [0.29, 0.717) is 6.04 Å². The molecule has 30 heavy (non-hydrogen) atoms. The summed E-state index contributed by atoms with van der Waals surface area (Å²) in [4.78, 5) is 16.1. The molecule has 2 atom stereocenters. The maximum atomic E-state index is 13.5. The van der Waals surface area contributed by atoms with Crippen LogP contribution in [0.4, 0.5) is 0 Å². The van der Waals surface area contributed by atoms with E-state index in [1.807, 2.05) is 30.3 Å². The van der Waals surface area contributed by atoms with Crippen LogP contribution in [0.3, 0.4) is 0 Å². The number of likely N-dealkylation sites (tertiary alicyclic amines) is 1. The minimum Gasteiger partial charge on any atom is -0.294 e. The molecule has 0 N–H and O–H groups in total. The summed E-state index contributed by atoms with van der Waals surface area (Å²) in [7, 11) is 0. The molecule has 3 aromatic carbocycles. The van der Waals surface area contributed by atoms with Gasteiger partial charge in [-0.3, -0.25) is 9.69 Å². The van der Waals surface area contributed by atoms with Crippen LogP contribution in [0.2, 0.25) is 0 Å². The van der Waals surface area contributed by atoms with Crippen molar-refractivity contribution >= 4 is 5.78 Å². The smallest absolute Gasteiger partial charge is 0.169 e. The van der Waals surface area contributed by atoms with Gasteiger partial charge in [0.25, 0.3) is 0 Å². The molecule has 1 saturated heterocycles. The zero-order chi connectivity index (χ0) is 20.3. The Morgan fingerprint density at radius 3 is 1.97 bits per heavy atom. The van der Waals surface area contributed by atoms with Crippen LogP contribution in [0.5, 0.6) is 0 Å². The lowest BCUT2D eigenvalue weighted by molar-refractivity contribution is -0.0251. The van der Waals surface area contributed by atoms with Gasteiger partial charge in [0.1, 0.15) is 0 Å². The van der Waals surface area contributed by atoms with E-state index in [9.17, 15) is 4.79 Å². The first kappa shape index (κ1) is 19.3. The third-order valence-electron chi connectivity index (χ3n) is 6.94. The van der Waals surface area contributed by atoms with Crippen LogP contribution in [0.25, 0.3) is 11.1 Å². The maximum absolute atomic E-state index is 13.5. The number of hydrogen-bond donors (Lipinski definition) is 0. The number of hydrogen-bond acceptors (Lipinski definition) is 2. The highest BCUT2D eigenvalue weighted by Gasteiger charge is 2.47. The number of benzene rings is 3. The molecule has 3 aromatic rings. The molecule has 0 amide bonds. The lowest BCUT2D eigenvalue weighted by Gasteiger charge is -2.52. The molecule has 0 radical (unpaired) electrons. The van der Waals surface area contributed by atoms with Crippen LogP contribution in [-0.2, 0) is 0 Å². The summed E-state index contributed by atoms with van der Waals surface area (Å²) in [6, 6.07) is 30.0. The van der Waals surface area contributed by atoms with E-state index in [1.54, 1.807) is 0 Å². The molecule has 2 heteroatoms. The highest BCUT2D eigenvalue weighted by atomic mass is 16.1. The van der Waals surface area contributed by atoms with Crippen LogP contribution in [0, 0.1) is 5.92 Å². The van der Waals surface area contributed by atoms with Gasteiger partial charge in [0.05, 0.1) is 5.92 Å². The molecule has 2 fully saturated rings. The van der Waals surface area contributed by atoms with Crippen molar-refractivity contribution < 1.29 is 4.79 Å². The van der Waals surface area contributed by atoms with Crippen LogP contribution in [0.1, 0.15) is 54.1 Å². The lowest BCUT2D eigenvalue weighted by atomic mass is 9.76. The van der Waals surface area contributed by atoms with Gasteiger partial charge >= 0.3 is 0 Å². The van der Waals surface area contributed by atoms with Crippen LogP contribution >= 0.6 is 0 Å². The van der Waals surface area contributed by atoms with E-state index >= 15 is 0 Å². The van der Waals surface area contributed by atoms with E-state index < -0.39 is 0 Å². The van der Waals surface area contributed by atoms with Gasteiger partial charge in [0.15, 0.2) is 5.78 Å². The molecule has 1 aliphatic carbocycles. The summed E-state index contributed by atoms with van der Waals surface area (Å²) in [6.07, 6.45) is 6.55. The molecule has 5 rings (SSSR count). The Morgan fingerprint density at radius 2 is 1.30 bits per heavy atom. The van der Waals surface area contributed by atoms with Crippen LogP contribution < -0.4 is 0 Å². The van der Waals surface area contributed by atoms with Crippen molar-refractivity contribution in [1.82, 2.24) is 4.90 Å². The van der Waals surface area contributed by atoms with Gasteiger partial charge in [-0.25, -0.2) is 0 Å². The molecule has 2 aliphatic rings. The number of ketones is 1. The quantitative estimate of drug-likeness (QED) is 0.457. The van der Waals surface area contributed by atoms with E-state index in [4.69, 9.17) is 0 Å². The Balaban J connectivity index is 1.37. The number of nitrogens with zero attached hydrogens (tertiary/aromatic N) is 1. The predicted octanol–water partition coefficient (Wildman–Crippen LogP) is 6.54. The Labute approximate surface area is 179 Å². The highest BCUT2D eigenvalue weighted by Crippen LogP contribution is 2.44. The van der Waals surface area contributed by atoms with Gasteiger partial charge < -0.3 is 0 Å². The van der Waals surface area contributed by atoms with Crippen molar-refractivity contribution in [3.63, 3.8) is 0 Å². The van der Waals surface area contributed by atoms with Gasteiger partial charge in [-0.15, -0.1) is 0 Å². The largest absolute Gasteiger partial charge is 0.294 e. The molecule has 0 aromatic heterocycles. The average Bonchev–Trinajstić information content (AvgIpc) is 2.80. The summed E-state index contributed by atoms with van der Waals surface area (Å²) in [6.45, 7) is 0.892. The number of carbonyl (C=O) groups excluding carboxylic acids is 1. The van der Waals surface area contributed by atoms with Gasteiger partial charge in [-0.05, 0) is 29.5 Å². The summed E-state index contributed by atoms with van der Waals surface area (Å²) >= 11 is 0. The van der Waals surface area contributed by atoms with E-state index in [1.165, 1.54) is 43.2 Å². The van der Waals surface area contributed by atoms with Crippen molar-refractivity contribution in [3.8, 4) is 11.1 Å². The monoisotopic (exact) mass is 395 g/mol. The second-order valence-electron chi connectivity index (χ2n) is 8.76. The molecule has 2 nitrogen and oxygen atoms in total. The van der Waals surface area contributed by atoms with Crippen LogP contribution in [0.15, 0.2) is 84.9 Å². The average molecular weight is 396 g/mol. The fourth-order valence-electron chi connectivity index (χ4n) is 5.29. The third kappa shape index (κ3) is 3.73. The topological polar surface area (TPSA) is 20.3 Å². The minimum absolute atomic E-state index is 0.0527. The number of rotatable bonds is 5. The molecule has 0 spiro atoms. The number of carbonyl (C=O) groups is 1. The van der Waals surface area contributed by atoms with E-state index in [2.05, 4.69) is 59.5 Å². The predicted molar refractivity (Wildman–Crippen MR) is 122 cm³/mol. The molecule has 152 valence electrons. The highest BCUT2D eigenvalue weighted by molar-refractivity contribution is 5.99. The third-order valence-corrected chi connectivity index (χ3v) is 6.94. The van der Waals surface area contributed by atoms with Gasteiger partial charge in [-0.1, -0.05) is 104 Å². The molecule has 1 heterocycles. The zero-order valence-corrected chi connectivity index (χ0v) is 17.4. The Hall–Kier alpha value is -2.71. The van der Waals surface area contributed by atoms with Crippen molar-refractivity contribution in [1.29, 1.82) is 0 Å². The second kappa shape index (κ2) is 8.57. The normalized spacial score (nSPS) is 22.4. The maximum Gasteiger partial charge on any atom is 0.169 e. The standard InChI is InChI=1S/C28H29NO/c30-28(24-18-16-22(17-19-24)21-10-4-1-5-11-21)26-20-29(25-14-8-3-9-15-25)27(26)23-12-6-2-7-13-23/h1-2,4-7,10-13,16-19,25-27H,3,8-9,14-15,20H2/t26-,27+/m0/s1.